The van der Waals surface area contributed by atoms with E-state index < -0.39 is 6.67 Å². The van der Waals surface area contributed by atoms with Crippen molar-refractivity contribution in [3.8, 4) is 0 Å². The third kappa shape index (κ3) is 2.30. The third-order valence-corrected chi connectivity index (χ3v) is 1.83. The Morgan fingerprint density at radius 2 is 2.50 bits per heavy atom. The molecular formula is C8H14FN3. The first kappa shape index (κ1) is 9.19. The number of likely N-dealkylation sites (N-methyl/N-ethyl adjacent to an activating group) is 1. The molecule has 0 aliphatic rings. The number of H-pyrrole nitrogens is 1. The highest BCUT2D eigenvalue weighted by Gasteiger charge is 2.03. The van der Waals surface area contributed by atoms with Crippen LogP contribution < -0.4 is 5.32 Å². The highest BCUT2D eigenvalue weighted by Crippen LogP contribution is 2.01. The molecule has 68 valence electrons. The number of halogens is 1. The molecule has 0 bridgehead atoms. The first-order valence-electron chi connectivity index (χ1n) is 4.02. The largest absolute Gasteiger partial charge is 0.344 e. The lowest BCUT2D eigenvalue weighted by Crippen LogP contribution is -2.23. The summed E-state index contributed by atoms with van der Waals surface area (Å²) in [5.74, 6) is 0.410. The summed E-state index contributed by atoms with van der Waals surface area (Å²) in [6.07, 6.45) is 2.53. The van der Waals surface area contributed by atoms with E-state index in [2.05, 4.69) is 22.2 Å². The topological polar surface area (TPSA) is 40.7 Å². The summed E-state index contributed by atoms with van der Waals surface area (Å²) in [6.45, 7) is 1.55. The smallest absolute Gasteiger partial charge is 0.147 e. The van der Waals surface area contributed by atoms with Crippen LogP contribution in [0.25, 0.3) is 0 Å². The molecule has 0 aromatic carbocycles. The number of nitrogens with one attached hydrogen (secondary N) is 2. The van der Waals surface area contributed by atoms with Gasteiger partial charge in [-0.25, -0.2) is 9.37 Å². The van der Waals surface area contributed by atoms with E-state index in [1.54, 1.807) is 6.20 Å². The molecular weight excluding hydrogens is 157 g/mol. The van der Waals surface area contributed by atoms with E-state index >= 15 is 0 Å². The van der Waals surface area contributed by atoms with Gasteiger partial charge in [0.25, 0.3) is 0 Å². The van der Waals surface area contributed by atoms with Crippen LogP contribution in [-0.2, 0) is 13.1 Å². The second-order valence-corrected chi connectivity index (χ2v) is 2.88. The molecule has 2 N–H and O–H groups in total. The maximum atomic E-state index is 12.0. The van der Waals surface area contributed by atoms with E-state index in [9.17, 15) is 4.39 Å². The molecule has 4 heteroatoms. The van der Waals surface area contributed by atoms with Crippen LogP contribution in [-0.4, -0.2) is 23.1 Å². The zero-order valence-electron chi connectivity index (χ0n) is 7.39. The molecule has 1 rings (SSSR count). The first-order chi connectivity index (χ1) is 5.76. The summed E-state index contributed by atoms with van der Waals surface area (Å²) in [7, 11) is 1.90. The van der Waals surface area contributed by atoms with E-state index in [4.69, 9.17) is 0 Å². The van der Waals surface area contributed by atoms with Crippen LogP contribution in [0.3, 0.4) is 0 Å². The number of imidazole rings is 1. The number of hydrogen-bond donors (Lipinski definition) is 2. The number of aromatic amines is 1. The Bertz CT molecular complexity index is 234. The Labute approximate surface area is 71.4 Å². The molecule has 0 aliphatic carbocycles. The van der Waals surface area contributed by atoms with Crippen LogP contribution in [0.5, 0.6) is 0 Å². The van der Waals surface area contributed by atoms with E-state index in [1.165, 1.54) is 0 Å². The van der Waals surface area contributed by atoms with Gasteiger partial charge in [-0.1, -0.05) is 0 Å². The van der Waals surface area contributed by atoms with Gasteiger partial charge in [0.05, 0.1) is 0 Å². The molecule has 1 heterocycles. The minimum absolute atomic E-state index is 0.387. The zero-order chi connectivity index (χ0) is 8.97. The van der Waals surface area contributed by atoms with Crippen molar-refractivity contribution < 1.29 is 4.39 Å². The molecule has 0 radical (unpaired) electrons. The van der Waals surface area contributed by atoms with Crippen LogP contribution >= 0.6 is 0 Å². The van der Waals surface area contributed by atoms with Gasteiger partial charge in [0.15, 0.2) is 0 Å². The van der Waals surface area contributed by atoms with Crippen LogP contribution in [0.4, 0.5) is 4.39 Å². The van der Waals surface area contributed by atoms with Crippen molar-refractivity contribution in [3.05, 3.63) is 17.7 Å². The Morgan fingerprint density at radius 3 is 3.00 bits per heavy atom. The monoisotopic (exact) mass is 171 g/mol. The molecule has 1 aromatic rings. The van der Waals surface area contributed by atoms with Gasteiger partial charge in [-0.15, -0.1) is 0 Å². The lowest BCUT2D eigenvalue weighted by molar-refractivity contribution is 0.467. The predicted molar refractivity (Wildman–Crippen MR) is 45.6 cm³/mol. The van der Waals surface area contributed by atoms with Crippen molar-refractivity contribution in [3.63, 3.8) is 0 Å². The zero-order valence-corrected chi connectivity index (χ0v) is 7.39. The SMILES string of the molecule is CNC(C)Cc1cnc(CF)[nH]1. The van der Waals surface area contributed by atoms with Crippen molar-refractivity contribution >= 4 is 0 Å². The molecule has 12 heavy (non-hydrogen) atoms. The second-order valence-electron chi connectivity index (χ2n) is 2.88. The third-order valence-electron chi connectivity index (χ3n) is 1.83. The number of aromatic nitrogens is 2. The van der Waals surface area contributed by atoms with Gasteiger partial charge in [-0.05, 0) is 14.0 Å². The Kier molecular flexibility index (Phi) is 3.22. The van der Waals surface area contributed by atoms with Gasteiger partial charge in [0.2, 0.25) is 0 Å². The van der Waals surface area contributed by atoms with Crippen LogP contribution in [0.15, 0.2) is 6.20 Å². The van der Waals surface area contributed by atoms with Crippen LogP contribution in [0, 0.1) is 0 Å². The second kappa shape index (κ2) is 4.21. The number of hydrogen-bond acceptors (Lipinski definition) is 2. The highest BCUT2D eigenvalue weighted by molar-refractivity contribution is 5.02. The summed E-state index contributed by atoms with van der Waals surface area (Å²) in [5, 5.41) is 3.10. The molecule has 0 spiro atoms. The number of alkyl halides is 1. The summed E-state index contributed by atoms with van der Waals surface area (Å²) >= 11 is 0. The molecule has 0 saturated heterocycles. The lowest BCUT2D eigenvalue weighted by Gasteiger charge is -2.06. The fraction of sp³-hybridized carbons (Fsp3) is 0.625. The minimum Gasteiger partial charge on any atom is -0.344 e. The van der Waals surface area contributed by atoms with E-state index in [0.717, 1.165) is 12.1 Å². The molecule has 0 fully saturated rings. The lowest BCUT2D eigenvalue weighted by atomic mass is 10.2. The molecule has 3 nitrogen and oxygen atoms in total. The standard InChI is InChI=1S/C8H14FN3/c1-6(10-2)3-7-5-11-8(4-9)12-7/h5-6,10H,3-4H2,1-2H3,(H,11,12). The maximum Gasteiger partial charge on any atom is 0.147 e. The van der Waals surface area contributed by atoms with Gasteiger partial charge >= 0.3 is 0 Å². The Balaban J connectivity index is 2.52. The predicted octanol–water partition coefficient (Wildman–Crippen LogP) is 1.03. The fourth-order valence-corrected chi connectivity index (χ4v) is 1.01. The van der Waals surface area contributed by atoms with Crippen molar-refractivity contribution in [2.24, 2.45) is 0 Å². The van der Waals surface area contributed by atoms with Crippen molar-refractivity contribution in [1.82, 2.24) is 15.3 Å². The first-order valence-corrected chi connectivity index (χ1v) is 4.02. The van der Waals surface area contributed by atoms with Gasteiger partial charge < -0.3 is 10.3 Å². The molecule has 1 atom stereocenters. The van der Waals surface area contributed by atoms with E-state index in [0.29, 0.717) is 11.9 Å². The van der Waals surface area contributed by atoms with Gasteiger partial charge in [0, 0.05) is 24.4 Å². The van der Waals surface area contributed by atoms with Crippen LogP contribution in [0.1, 0.15) is 18.4 Å². The molecule has 0 aliphatic heterocycles. The summed E-state index contributed by atoms with van der Waals surface area (Å²) in [5.41, 5.74) is 0.976. The molecule has 0 saturated carbocycles. The van der Waals surface area contributed by atoms with Crippen molar-refractivity contribution in [1.29, 1.82) is 0 Å². The molecule has 1 aromatic heterocycles. The van der Waals surface area contributed by atoms with Crippen molar-refractivity contribution in [2.75, 3.05) is 7.05 Å². The summed E-state index contributed by atoms with van der Waals surface area (Å²) < 4.78 is 12.0. The normalized spacial score (nSPS) is 13.2. The fourth-order valence-electron chi connectivity index (χ4n) is 1.01. The average Bonchev–Trinajstić information content (AvgIpc) is 2.52. The van der Waals surface area contributed by atoms with E-state index in [1.807, 2.05) is 7.05 Å². The number of nitrogens with zero attached hydrogens (tertiary/aromatic N) is 1. The molecule has 0 amide bonds. The Hall–Kier alpha value is -0.900. The summed E-state index contributed by atoms with van der Waals surface area (Å²) in [6, 6.07) is 0.387. The van der Waals surface area contributed by atoms with E-state index in [-0.39, 0.29) is 0 Å². The quantitative estimate of drug-likeness (QED) is 0.710. The van der Waals surface area contributed by atoms with Crippen LogP contribution in [0.2, 0.25) is 0 Å². The van der Waals surface area contributed by atoms with Gasteiger partial charge in [-0.2, -0.15) is 0 Å². The molecule has 1 unspecified atom stereocenters. The average molecular weight is 171 g/mol. The van der Waals surface area contributed by atoms with Gasteiger partial charge in [0.1, 0.15) is 12.5 Å². The summed E-state index contributed by atoms with van der Waals surface area (Å²) in [4.78, 5) is 6.77. The van der Waals surface area contributed by atoms with Gasteiger partial charge in [-0.3, -0.25) is 0 Å². The minimum atomic E-state index is -0.520. The maximum absolute atomic E-state index is 12.0. The highest BCUT2D eigenvalue weighted by atomic mass is 19.1. The number of rotatable bonds is 4. The Morgan fingerprint density at radius 1 is 1.75 bits per heavy atom. The van der Waals surface area contributed by atoms with Crippen molar-refractivity contribution in [2.45, 2.75) is 26.1 Å².